The van der Waals surface area contributed by atoms with Crippen molar-refractivity contribution in [1.82, 2.24) is 19.9 Å². The number of fused-ring (bicyclic) bond motifs is 2. The van der Waals surface area contributed by atoms with Crippen LogP contribution in [0, 0.1) is 0 Å². The minimum absolute atomic E-state index is 0.157. The molecule has 1 N–H and O–H groups in total. The molecule has 0 bridgehead atoms. The summed E-state index contributed by atoms with van der Waals surface area (Å²) in [5.74, 6) is 0. The zero-order valence-corrected chi connectivity index (χ0v) is 10.9. The molecule has 2 aromatic heterocycles. The Morgan fingerprint density at radius 2 is 1.76 bits per heavy atom. The maximum absolute atomic E-state index is 11.8. The fraction of sp³-hybridized carbons (Fsp3) is 0. The average Bonchev–Trinajstić information content (AvgIpc) is 2.54. The number of aromatic amines is 1. The molecule has 0 aliphatic rings. The number of aromatic nitrogens is 4. The Kier molecular flexibility index (Phi) is 2.50. The van der Waals surface area contributed by atoms with Gasteiger partial charge in [-0.2, -0.15) is 0 Å². The van der Waals surface area contributed by atoms with Crippen molar-refractivity contribution in [2.24, 2.45) is 0 Å². The van der Waals surface area contributed by atoms with Gasteiger partial charge in [-0.25, -0.2) is 9.97 Å². The standard InChI is InChI=1S/C16H10N4O/c21-16-11-7-10(5-6-12(11)18-9-19-16)15-8-17-13-3-1-2-4-14(13)20-15/h1-9H,(H,18,19,21). The predicted molar refractivity (Wildman–Crippen MR) is 80.9 cm³/mol. The van der Waals surface area contributed by atoms with E-state index in [4.69, 9.17) is 0 Å². The summed E-state index contributed by atoms with van der Waals surface area (Å²) in [5, 5.41) is 0.546. The van der Waals surface area contributed by atoms with E-state index in [1.165, 1.54) is 6.33 Å². The van der Waals surface area contributed by atoms with Gasteiger partial charge in [-0.1, -0.05) is 18.2 Å². The third-order valence-electron chi connectivity index (χ3n) is 3.38. The highest BCUT2D eigenvalue weighted by Crippen LogP contribution is 2.21. The third kappa shape index (κ3) is 1.95. The van der Waals surface area contributed by atoms with Crippen molar-refractivity contribution in [3.63, 3.8) is 0 Å². The number of para-hydroxylation sites is 2. The topological polar surface area (TPSA) is 71.5 Å². The molecule has 0 amide bonds. The first-order chi connectivity index (χ1) is 10.3. The van der Waals surface area contributed by atoms with E-state index >= 15 is 0 Å². The number of H-pyrrole nitrogens is 1. The van der Waals surface area contributed by atoms with Gasteiger partial charge in [0, 0.05) is 5.56 Å². The second-order valence-corrected chi connectivity index (χ2v) is 4.71. The van der Waals surface area contributed by atoms with E-state index in [1.807, 2.05) is 36.4 Å². The maximum atomic E-state index is 11.8. The van der Waals surface area contributed by atoms with Crippen LogP contribution in [0.2, 0.25) is 0 Å². The number of benzene rings is 2. The molecule has 21 heavy (non-hydrogen) atoms. The van der Waals surface area contributed by atoms with Crippen molar-refractivity contribution in [3.05, 3.63) is 65.3 Å². The summed E-state index contributed by atoms with van der Waals surface area (Å²) in [6.45, 7) is 0. The lowest BCUT2D eigenvalue weighted by atomic mass is 10.1. The molecule has 0 spiro atoms. The molecule has 0 unspecified atom stereocenters. The van der Waals surface area contributed by atoms with Gasteiger partial charge in [-0.3, -0.25) is 9.78 Å². The van der Waals surface area contributed by atoms with Crippen molar-refractivity contribution >= 4 is 21.9 Å². The number of rotatable bonds is 1. The molecule has 2 heterocycles. The van der Waals surface area contributed by atoms with E-state index in [0.717, 1.165) is 22.3 Å². The Labute approximate surface area is 119 Å². The zero-order valence-electron chi connectivity index (χ0n) is 10.9. The predicted octanol–water partition coefficient (Wildman–Crippen LogP) is 2.53. The first-order valence-corrected chi connectivity index (χ1v) is 6.51. The van der Waals surface area contributed by atoms with Crippen LogP contribution in [0.3, 0.4) is 0 Å². The van der Waals surface area contributed by atoms with Crippen LogP contribution >= 0.6 is 0 Å². The van der Waals surface area contributed by atoms with Crippen LogP contribution < -0.4 is 5.56 Å². The van der Waals surface area contributed by atoms with Crippen molar-refractivity contribution < 1.29 is 0 Å². The molecule has 0 aliphatic heterocycles. The first kappa shape index (κ1) is 11.7. The van der Waals surface area contributed by atoms with Gasteiger partial charge in [0.25, 0.3) is 5.56 Å². The van der Waals surface area contributed by atoms with Crippen LogP contribution in [0.25, 0.3) is 33.2 Å². The molecule has 0 fully saturated rings. The van der Waals surface area contributed by atoms with Gasteiger partial charge in [0.1, 0.15) is 0 Å². The van der Waals surface area contributed by atoms with Gasteiger partial charge in [-0.15, -0.1) is 0 Å². The first-order valence-electron chi connectivity index (χ1n) is 6.51. The van der Waals surface area contributed by atoms with Crippen LogP contribution in [0.4, 0.5) is 0 Å². The van der Waals surface area contributed by atoms with Crippen molar-refractivity contribution in [2.45, 2.75) is 0 Å². The van der Waals surface area contributed by atoms with E-state index in [1.54, 1.807) is 12.3 Å². The Balaban J connectivity index is 1.95. The summed E-state index contributed by atoms with van der Waals surface area (Å²) in [4.78, 5) is 27.5. The van der Waals surface area contributed by atoms with Gasteiger partial charge < -0.3 is 4.98 Å². The molecule has 4 rings (SSSR count). The lowest BCUT2D eigenvalue weighted by molar-refractivity contribution is 1.17. The second kappa shape index (κ2) is 4.49. The minimum atomic E-state index is -0.157. The second-order valence-electron chi connectivity index (χ2n) is 4.71. The molecule has 0 aliphatic carbocycles. The molecule has 2 aromatic carbocycles. The van der Waals surface area contributed by atoms with Crippen molar-refractivity contribution in [1.29, 1.82) is 0 Å². The summed E-state index contributed by atoms with van der Waals surface area (Å²) < 4.78 is 0. The molecule has 0 saturated heterocycles. The Morgan fingerprint density at radius 1 is 0.905 bits per heavy atom. The number of nitrogens with zero attached hydrogens (tertiary/aromatic N) is 3. The van der Waals surface area contributed by atoms with Gasteiger partial charge in [0.15, 0.2) is 0 Å². The van der Waals surface area contributed by atoms with Crippen LogP contribution in [-0.4, -0.2) is 19.9 Å². The number of nitrogens with one attached hydrogen (secondary N) is 1. The highest BCUT2D eigenvalue weighted by Gasteiger charge is 2.06. The Bertz CT molecular complexity index is 1020. The third-order valence-corrected chi connectivity index (χ3v) is 3.38. The maximum Gasteiger partial charge on any atom is 0.258 e. The Morgan fingerprint density at radius 3 is 2.67 bits per heavy atom. The lowest BCUT2D eigenvalue weighted by Gasteiger charge is -2.03. The van der Waals surface area contributed by atoms with Gasteiger partial charge in [-0.05, 0) is 24.3 Å². The highest BCUT2D eigenvalue weighted by atomic mass is 16.1. The molecule has 4 aromatic rings. The van der Waals surface area contributed by atoms with Crippen LogP contribution in [0.5, 0.6) is 0 Å². The SMILES string of the molecule is O=c1[nH]cnc2ccc(-c3cnc4ccccc4n3)cc12. The molecular formula is C16H10N4O. The molecule has 5 nitrogen and oxygen atoms in total. The van der Waals surface area contributed by atoms with Gasteiger partial charge in [0.2, 0.25) is 0 Å². The summed E-state index contributed by atoms with van der Waals surface area (Å²) in [6.07, 6.45) is 3.12. The molecule has 0 atom stereocenters. The highest BCUT2D eigenvalue weighted by molar-refractivity contribution is 5.84. The largest absolute Gasteiger partial charge is 0.313 e. The lowest BCUT2D eigenvalue weighted by Crippen LogP contribution is -2.06. The quantitative estimate of drug-likeness (QED) is 0.579. The molecule has 5 heteroatoms. The van der Waals surface area contributed by atoms with Crippen LogP contribution in [0.15, 0.2) is 59.8 Å². The van der Waals surface area contributed by atoms with E-state index in [9.17, 15) is 4.79 Å². The van der Waals surface area contributed by atoms with Crippen LogP contribution in [-0.2, 0) is 0 Å². The molecular weight excluding hydrogens is 264 g/mol. The fourth-order valence-electron chi connectivity index (χ4n) is 2.32. The normalized spacial score (nSPS) is 11.0. The zero-order chi connectivity index (χ0) is 14.2. The van der Waals surface area contributed by atoms with Crippen molar-refractivity contribution in [2.75, 3.05) is 0 Å². The average molecular weight is 274 g/mol. The minimum Gasteiger partial charge on any atom is -0.313 e. The summed E-state index contributed by atoms with van der Waals surface area (Å²) in [5.41, 5.74) is 3.77. The van der Waals surface area contributed by atoms with Gasteiger partial charge >= 0.3 is 0 Å². The smallest absolute Gasteiger partial charge is 0.258 e. The van der Waals surface area contributed by atoms with E-state index in [2.05, 4.69) is 19.9 Å². The van der Waals surface area contributed by atoms with Crippen molar-refractivity contribution in [3.8, 4) is 11.3 Å². The summed E-state index contributed by atoms with van der Waals surface area (Å²) >= 11 is 0. The summed E-state index contributed by atoms with van der Waals surface area (Å²) in [7, 11) is 0. The van der Waals surface area contributed by atoms with Gasteiger partial charge in [0.05, 0.1) is 40.2 Å². The Hall–Kier alpha value is -3.08. The molecule has 0 radical (unpaired) electrons. The van der Waals surface area contributed by atoms with E-state index in [-0.39, 0.29) is 5.56 Å². The summed E-state index contributed by atoms with van der Waals surface area (Å²) in [6, 6.07) is 13.2. The fourth-order valence-corrected chi connectivity index (χ4v) is 2.32. The monoisotopic (exact) mass is 274 g/mol. The van der Waals surface area contributed by atoms with Crippen LogP contribution in [0.1, 0.15) is 0 Å². The number of hydrogen-bond acceptors (Lipinski definition) is 4. The molecule has 100 valence electrons. The number of hydrogen-bond donors (Lipinski definition) is 1. The van der Waals surface area contributed by atoms with E-state index < -0.39 is 0 Å². The van der Waals surface area contributed by atoms with E-state index in [0.29, 0.717) is 10.9 Å². The molecule has 0 saturated carbocycles.